The van der Waals surface area contributed by atoms with Crippen LogP contribution in [0.25, 0.3) is 0 Å². The summed E-state index contributed by atoms with van der Waals surface area (Å²) in [4.78, 5) is 2.27. The van der Waals surface area contributed by atoms with Crippen LogP contribution in [0.3, 0.4) is 0 Å². The van der Waals surface area contributed by atoms with Gasteiger partial charge in [0.15, 0.2) is 0 Å². The Kier molecular flexibility index (Phi) is 7.89. The smallest absolute Gasteiger partial charge is 0.135 e. The summed E-state index contributed by atoms with van der Waals surface area (Å²) in [6, 6.07) is 18.1. The molecule has 0 aliphatic rings. The van der Waals surface area contributed by atoms with Gasteiger partial charge in [0.05, 0.1) is 19.4 Å². The van der Waals surface area contributed by atoms with Gasteiger partial charge in [-0.25, -0.2) is 0 Å². The summed E-state index contributed by atoms with van der Waals surface area (Å²) in [5.41, 5.74) is 0.218. The first-order valence-electron chi connectivity index (χ1n) is 10.4. The van der Waals surface area contributed by atoms with Crippen molar-refractivity contribution in [1.29, 1.82) is 0 Å². The van der Waals surface area contributed by atoms with Gasteiger partial charge in [0.2, 0.25) is 0 Å². The molecule has 0 radical (unpaired) electrons. The van der Waals surface area contributed by atoms with E-state index in [9.17, 15) is 5.11 Å². The number of allylic oxidation sites excluding steroid dienone is 2. The second kappa shape index (κ2) is 10.8. The zero-order valence-electron chi connectivity index (χ0n) is 17.5. The quantitative estimate of drug-likeness (QED) is 0.344. The second-order valence-corrected chi connectivity index (χ2v) is 7.66. The first-order valence-corrected chi connectivity index (χ1v) is 10.4. The van der Waals surface area contributed by atoms with Crippen LogP contribution in [-0.2, 0) is 25.2 Å². The number of benzene rings is 1. The summed E-state index contributed by atoms with van der Waals surface area (Å²) in [5, 5.41) is 11.2. The molecule has 0 bridgehead atoms. The lowest BCUT2D eigenvalue weighted by Gasteiger charge is -2.25. The van der Waals surface area contributed by atoms with Crippen LogP contribution in [-0.4, -0.2) is 10.0 Å². The topological polar surface area (TPSA) is 49.8 Å². The summed E-state index contributed by atoms with van der Waals surface area (Å²) in [6.45, 7) is 9.63. The molecule has 0 aliphatic carbocycles. The molecule has 0 spiro atoms. The Balaban J connectivity index is 1.76. The summed E-state index contributed by atoms with van der Waals surface area (Å²) < 4.78 is 11.7. The van der Waals surface area contributed by atoms with E-state index in [1.54, 1.807) is 6.26 Å². The van der Waals surface area contributed by atoms with E-state index in [-0.39, 0.29) is 0 Å². The van der Waals surface area contributed by atoms with Crippen molar-refractivity contribution in [3.63, 3.8) is 0 Å². The largest absolute Gasteiger partial charge is 0.468 e. The van der Waals surface area contributed by atoms with Crippen LogP contribution in [0.4, 0.5) is 0 Å². The van der Waals surface area contributed by atoms with Crippen molar-refractivity contribution < 1.29 is 13.9 Å². The molecule has 1 N–H and O–H groups in total. The van der Waals surface area contributed by atoms with Crippen LogP contribution in [0.15, 0.2) is 95.0 Å². The summed E-state index contributed by atoms with van der Waals surface area (Å²) in [7, 11) is 0. The highest BCUT2D eigenvalue weighted by Crippen LogP contribution is 2.33. The van der Waals surface area contributed by atoms with Crippen LogP contribution < -0.4 is 0 Å². The van der Waals surface area contributed by atoms with Crippen molar-refractivity contribution in [2.24, 2.45) is 0 Å². The maximum absolute atomic E-state index is 11.2. The molecule has 158 valence electrons. The molecule has 0 aliphatic heterocycles. The minimum Gasteiger partial charge on any atom is -0.468 e. The zero-order valence-corrected chi connectivity index (χ0v) is 17.5. The van der Waals surface area contributed by atoms with E-state index in [2.05, 4.69) is 30.2 Å². The Morgan fingerprint density at radius 1 is 0.833 bits per heavy atom. The third kappa shape index (κ3) is 6.09. The van der Waals surface area contributed by atoms with Crippen LogP contribution in [0, 0.1) is 0 Å². The number of hydrogen-bond donors (Lipinski definition) is 1. The molecule has 0 atom stereocenters. The SMILES string of the molecule is C=CCCC(O)(CCC=C)c1ccc(CN(Cc2ccccc2)Cc2ccco2)o1. The molecule has 1 aromatic carbocycles. The van der Waals surface area contributed by atoms with Crippen molar-refractivity contribution in [3.8, 4) is 0 Å². The Labute approximate surface area is 179 Å². The lowest BCUT2D eigenvalue weighted by atomic mass is 9.89. The maximum Gasteiger partial charge on any atom is 0.135 e. The molecule has 30 heavy (non-hydrogen) atoms. The second-order valence-electron chi connectivity index (χ2n) is 7.66. The summed E-state index contributed by atoms with van der Waals surface area (Å²) >= 11 is 0. The Bertz CT molecular complexity index is 884. The molecule has 0 unspecified atom stereocenters. The van der Waals surface area contributed by atoms with Crippen molar-refractivity contribution >= 4 is 0 Å². The molecule has 2 heterocycles. The zero-order chi connectivity index (χ0) is 21.2. The number of furan rings is 2. The monoisotopic (exact) mass is 405 g/mol. The molecule has 4 nitrogen and oxygen atoms in total. The Morgan fingerprint density at radius 2 is 1.53 bits per heavy atom. The number of hydrogen-bond acceptors (Lipinski definition) is 4. The van der Waals surface area contributed by atoms with Crippen LogP contribution in [0.2, 0.25) is 0 Å². The molecule has 0 fully saturated rings. The fourth-order valence-electron chi connectivity index (χ4n) is 3.62. The average molecular weight is 406 g/mol. The van der Waals surface area contributed by atoms with Crippen LogP contribution in [0.1, 0.15) is 48.5 Å². The van der Waals surface area contributed by atoms with Gasteiger partial charge in [-0.15, -0.1) is 13.2 Å². The van der Waals surface area contributed by atoms with Gasteiger partial charge in [0.1, 0.15) is 22.9 Å². The normalized spacial score (nSPS) is 11.7. The van der Waals surface area contributed by atoms with Crippen molar-refractivity contribution in [1.82, 2.24) is 4.90 Å². The number of rotatable bonds is 13. The minimum atomic E-state index is -1.01. The van der Waals surface area contributed by atoms with Crippen molar-refractivity contribution in [2.75, 3.05) is 0 Å². The lowest BCUT2D eigenvalue weighted by Crippen LogP contribution is -2.25. The van der Waals surface area contributed by atoms with E-state index in [1.165, 1.54) is 5.56 Å². The van der Waals surface area contributed by atoms with E-state index < -0.39 is 5.60 Å². The van der Waals surface area contributed by atoms with Crippen molar-refractivity contribution in [2.45, 2.75) is 50.9 Å². The fraction of sp³-hybridized carbons (Fsp3) is 0.308. The molecule has 3 aromatic rings. The molecular weight excluding hydrogens is 374 g/mol. The molecule has 3 rings (SSSR count). The van der Waals surface area contributed by atoms with E-state index in [1.807, 2.05) is 54.6 Å². The highest BCUT2D eigenvalue weighted by Gasteiger charge is 2.31. The highest BCUT2D eigenvalue weighted by molar-refractivity contribution is 5.17. The number of aliphatic hydroxyl groups is 1. The first kappa shape index (κ1) is 21.9. The van der Waals surface area contributed by atoms with Gasteiger partial charge in [0.25, 0.3) is 0 Å². The van der Waals surface area contributed by atoms with Gasteiger partial charge in [-0.1, -0.05) is 42.5 Å². The standard InChI is InChI=1S/C26H31NO3/c1-3-5-16-26(28,17-6-4-2)25-15-14-24(30-25)21-27(20-23-13-10-18-29-23)19-22-11-8-7-9-12-22/h3-4,7-15,18,28H,1-2,5-6,16-17,19-21H2. The van der Waals surface area contributed by atoms with Crippen LogP contribution >= 0.6 is 0 Å². The van der Waals surface area contributed by atoms with E-state index in [4.69, 9.17) is 8.83 Å². The van der Waals surface area contributed by atoms with Gasteiger partial charge in [-0.3, -0.25) is 4.90 Å². The predicted molar refractivity (Wildman–Crippen MR) is 120 cm³/mol. The summed E-state index contributed by atoms with van der Waals surface area (Å²) in [5.74, 6) is 2.34. The predicted octanol–water partition coefficient (Wildman–Crippen LogP) is 6.20. The Morgan fingerprint density at radius 3 is 2.17 bits per heavy atom. The molecule has 4 heteroatoms. The molecule has 2 aromatic heterocycles. The van der Waals surface area contributed by atoms with Gasteiger partial charge >= 0.3 is 0 Å². The van der Waals surface area contributed by atoms with Gasteiger partial charge in [-0.05, 0) is 55.5 Å². The molecular formula is C26H31NO3. The van der Waals surface area contributed by atoms with Crippen molar-refractivity contribution in [3.05, 3.63) is 109 Å². The van der Waals surface area contributed by atoms with Gasteiger partial charge < -0.3 is 13.9 Å². The van der Waals surface area contributed by atoms with Gasteiger partial charge in [0, 0.05) is 6.54 Å². The maximum atomic E-state index is 11.2. The molecule has 0 amide bonds. The highest BCUT2D eigenvalue weighted by atomic mass is 16.4. The summed E-state index contributed by atoms with van der Waals surface area (Å²) in [6.07, 6.45) is 7.96. The molecule has 0 saturated carbocycles. The van der Waals surface area contributed by atoms with Gasteiger partial charge in [-0.2, -0.15) is 0 Å². The van der Waals surface area contributed by atoms with Crippen LogP contribution in [0.5, 0.6) is 0 Å². The van der Waals surface area contributed by atoms with E-state index >= 15 is 0 Å². The van der Waals surface area contributed by atoms with E-state index in [0.29, 0.717) is 31.7 Å². The lowest BCUT2D eigenvalue weighted by molar-refractivity contribution is -0.00223. The first-order chi connectivity index (χ1) is 14.6. The third-order valence-electron chi connectivity index (χ3n) is 5.23. The minimum absolute atomic E-state index is 0.581. The Hall–Kier alpha value is -2.82. The average Bonchev–Trinajstić information content (AvgIpc) is 3.44. The molecule has 0 saturated heterocycles. The number of nitrogens with zero attached hydrogens (tertiary/aromatic N) is 1. The fourth-order valence-corrected chi connectivity index (χ4v) is 3.62. The third-order valence-corrected chi connectivity index (χ3v) is 5.23. The van der Waals surface area contributed by atoms with E-state index in [0.717, 1.165) is 30.9 Å².